The van der Waals surface area contributed by atoms with Crippen LogP contribution in [-0.4, -0.2) is 75.8 Å². The Kier molecular flexibility index (Phi) is 12.1. The molecule has 0 unspecified atom stereocenters. The first-order valence-corrected chi connectivity index (χ1v) is 19.0. The van der Waals surface area contributed by atoms with Gasteiger partial charge in [-0.2, -0.15) is 0 Å². The molecule has 6 rings (SSSR count). The van der Waals surface area contributed by atoms with E-state index >= 15 is 0 Å². The van der Waals surface area contributed by atoms with Gasteiger partial charge in [0.2, 0.25) is 23.6 Å². The molecule has 1 saturated heterocycles. The van der Waals surface area contributed by atoms with Crippen molar-refractivity contribution in [3.8, 4) is 5.75 Å². The van der Waals surface area contributed by atoms with Crippen molar-refractivity contribution in [2.45, 2.75) is 90.0 Å². The van der Waals surface area contributed by atoms with Gasteiger partial charge in [0.1, 0.15) is 17.8 Å². The number of hydrogen-bond donors (Lipinski definition) is 3. The second kappa shape index (κ2) is 17.1. The lowest BCUT2D eigenvalue weighted by molar-refractivity contribution is -0.144. The molecule has 0 radical (unpaired) electrons. The number of fused-ring (bicyclic) bond motifs is 1. The quantitative estimate of drug-likeness (QED) is 0.199. The molecule has 1 fully saturated rings. The van der Waals surface area contributed by atoms with Crippen molar-refractivity contribution in [3.05, 3.63) is 130 Å². The highest BCUT2D eigenvalue weighted by Crippen LogP contribution is 2.28. The summed E-state index contributed by atoms with van der Waals surface area (Å²) in [6.07, 6.45) is 2.42. The van der Waals surface area contributed by atoms with E-state index in [0.717, 1.165) is 39.1 Å². The number of hydrogen-bond acceptors (Lipinski definition) is 6. The Morgan fingerprint density at radius 1 is 0.833 bits per heavy atom. The number of likely N-dealkylation sites (tertiary alicyclic amines) is 1. The van der Waals surface area contributed by atoms with Gasteiger partial charge < -0.3 is 30.9 Å². The van der Waals surface area contributed by atoms with E-state index in [1.807, 2.05) is 111 Å². The summed E-state index contributed by atoms with van der Waals surface area (Å²) in [6.45, 7) is 6.72. The van der Waals surface area contributed by atoms with Crippen molar-refractivity contribution in [3.63, 3.8) is 0 Å². The summed E-state index contributed by atoms with van der Waals surface area (Å²) in [5.41, 5.74) is 12.8. The lowest BCUT2D eigenvalue weighted by Crippen LogP contribution is -2.60. The van der Waals surface area contributed by atoms with Crippen LogP contribution in [-0.2, 0) is 45.0 Å². The Hall–Kier alpha value is -5.48. The number of anilines is 1. The number of aromatic hydroxyl groups is 1. The molecule has 0 aromatic heterocycles. The summed E-state index contributed by atoms with van der Waals surface area (Å²) in [6, 6.07) is 27.6. The van der Waals surface area contributed by atoms with Crippen LogP contribution in [0.15, 0.2) is 97.1 Å². The van der Waals surface area contributed by atoms with Gasteiger partial charge in [-0.3, -0.25) is 19.2 Å². The molecule has 54 heavy (non-hydrogen) atoms. The van der Waals surface area contributed by atoms with E-state index in [9.17, 15) is 24.3 Å². The highest BCUT2D eigenvalue weighted by Gasteiger charge is 2.39. The van der Waals surface area contributed by atoms with Crippen LogP contribution in [0.2, 0.25) is 0 Å². The highest BCUT2D eigenvalue weighted by atomic mass is 16.3. The first-order chi connectivity index (χ1) is 26.0. The van der Waals surface area contributed by atoms with E-state index in [-0.39, 0.29) is 55.3 Å². The number of nitrogens with zero attached hydrogens (tertiary/aromatic N) is 3. The first-order valence-electron chi connectivity index (χ1n) is 19.0. The largest absolute Gasteiger partial charge is 0.508 e. The molecule has 10 heteroatoms. The van der Waals surface area contributed by atoms with E-state index in [2.05, 4.69) is 5.32 Å². The SMILES string of the molecule is CCC(=O)N(c1ccccc1)C1CCN(C(=O)[C@H](Cc2ccccc2)NC(=O)[C@@H]2Cc3ccccc3CN2C(=O)[C@@H](N)Cc2c(C)cc(O)cc2C)CC1. The number of carbonyl (C=O) groups excluding carboxylic acids is 4. The number of carbonyl (C=O) groups is 4. The van der Waals surface area contributed by atoms with Crippen molar-refractivity contribution in [2.75, 3.05) is 18.0 Å². The molecule has 0 spiro atoms. The normalized spacial score (nSPS) is 16.9. The maximum atomic E-state index is 14.5. The van der Waals surface area contributed by atoms with Crippen molar-refractivity contribution in [1.82, 2.24) is 15.1 Å². The van der Waals surface area contributed by atoms with Crippen LogP contribution in [0.5, 0.6) is 5.75 Å². The fraction of sp³-hybridized carbons (Fsp3) is 0.364. The molecule has 2 aliphatic heterocycles. The number of aryl methyl sites for hydroxylation is 2. The summed E-state index contributed by atoms with van der Waals surface area (Å²) < 4.78 is 0. The smallest absolute Gasteiger partial charge is 0.245 e. The average Bonchev–Trinajstić information content (AvgIpc) is 3.18. The van der Waals surface area contributed by atoms with Crippen molar-refractivity contribution in [1.29, 1.82) is 0 Å². The lowest BCUT2D eigenvalue weighted by atomic mass is 9.91. The molecule has 4 amide bonds. The van der Waals surface area contributed by atoms with Gasteiger partial charge in [0.25, 0.3) is 0 Å². The summed E-state index contributed by atoms with van der Waals surface area (Å²) in [4.78, 5) is 61.4. The van der Waals surface area contributed by atoms with Gasteiger partial charge in [-0.1, -0.05) is 79.7 Å². The molecule has 0 saturated carbocycles. The van der Waals surface area contributed by atoms with E-state index in [1.165, 1.54) is 0 Å². The van der Waals surface area contributed by atoms with Gasteiger partial charge in [-0.15, -0.1) is 0 Å². The Bertz CT molecular complexity index is 1940. The zero-order valence-electron chi connectivity index (χ0n) is 31.4. The number of phenols is 1. The Labute approximate surface area is 317 Å². The average molecular weight is 730 g/mol. The van der Waals surface area contributed by atoms with Gasteiger partial charge >= 0.3 is 0 Å². The van der Waals surface area contributed by atoms with Crippen LogP contribution in [0.25, 0.3) is 0 Å². The van der Waals surface area contributed by atoms with Gasteiger partial charge in [0.05, 0.1) is 6.04 Å². The van der Waals surface area contributed by atoms with E-state index in [4.69, 9.17) is 5.73 Å². The predicted molar refractivity (Wildman–Crippen MR) is 210 cm³/mol. The molecule has 10 nitrogen and oxygen atoms in total. The number of nitrogens with two attached hydrogens (primary N) is 1. The molecular formula is C44H51N5O5. The molecule has 4 N–H and O–H groups in total. The summed E-state index contributed by atoms with van der Waals surface area (Å²) in [5, 5.41) is 13.1. The Morgan fingerprint density at radius 2 is 1.43 bits per heavy atom. The minimum Gasteiger partial charge on any atom is -0.508 e. The molecule has 0 bridgehead atoms. The molecule has 2 heterocycles. The number of piperidine rings is 1. The van der Waals surface area contributed by atoms with Crippen LogP contribution in [0, 0.1) is 13.8 Å². The van der Waals surface area contributed by atoms with Crippen molar-refractivity contribution < 1.29 is 24.3 Å². The van der Waals surface area contributed by atoms with Crippen molar-refractivity contribution >= 4 is 29.3 Å². The molecule has 4 aromatic rings. The van der Waals surface area contributed by atoms with Crippen LogP contribution in [0.4, 0.5) is 5.69 Å². The highest BCUT2D eigenvalue weighted by molar-refractivity contribution is 5.95. The number of benzene rings is 4. The van der Waals surface area contributed by atoms with Crippen LogP contribution in [0.1, 0.15) is 59.6 Å². The van der Waals surface area contributed by atoms with Crippen LogP contribution in [0.3, 0.4) is 0 Å². The summed E-state index contributed by atoms with van der Waals surface area (Å²) >= 11 is 0. The third kappa shape index (κ3) is 8.66. The topological polar surface area (TPSA) is 136 Å². The monoisotopic (exact) mass is 729 g/mol. The molecule has 3 atom stereocenters. The maximum absolute atomic E-state index is 14.5. The minimum atomic E-state index is -0.925. The van der Waals surface area contributed by atoms with E-state index in [0.29, 0.717) is 32.4 Å². The zero-order chi connectivity index (χ0) is 38.4. The van der Waals surface area contributed by atoms with Gasteiger partial charge in [0, 0.05) is 50.6 Å². The number of phenolic OH excluding ortho intramolecular Hbond substituents is 1. The first kappa shape index (κ1) is 38.3. The Balaban J connectivity index is 1.22. The Morgan fingerprint density at radius 3 is 2.06 bits per heavy atom. The van der Waals surface area contributed by atoms with Gasteiger partial charge in [-0.25, -0.2) is 0 Å². The van der Waals surface area contributed by atoms with Gasteiger partial charge in [0.15, 0.2) is 0 Å². The van der Waals surface area contributed by atoms with Crippen molar-refractivity contribution in [2.24, 2.45) is 5.73 Å². The fourth-order valence-electron chi connectivity index (χ4n) is 8.00. The number of nitrogens with one attached hydrogen (secondary N) is 1. The second-order valence-electron chi connectivity index (χ2n) is 14.6. The van der Waals surface area contributed by atoms with E-state index in [1.54, 1.807) is 21.9 Å². The lowest BCUT2D eigenvalue weighted by Gasteiger charge is -2.40. The molecule has 2 aliphatic rings. The van der Waals surface area contributed by atoms with Gasteiger partial charge in [-0.05, 0) is 90.8 Å². The van der Waals surface area contributed by atoms with Crippen LogP contribution >= 0.6 is 0 Å². The molecular weight excluding hydrogens is 679 g/mol. The number of para-hydroxylation sites is 1. The minimum absolute atomic E-state index is 0.0430. The maximum Gasteiger partial charge on any atom is 0.245 e. The van der Waals surface area contributed by atoms with Crippen LogP contribution < -0.4 is 16.0 Å². The van der Waals surface area contributed by atoms with E-state index < -0.39 is 24.0 Å². The second-order valence-corrected chi connectivity index (χ2v) is 14.6. The standard InChI is InChI=1S/C44H51N5O5/c1-4-41(51)49(34-17-9-6-10-18-34)35-19-21-47(22-20-35)44(54)39(25-31-13-7-5-8-14-31)46-42(52)40-26-32-15-11-12-16-33(32)28-48(40)43(53)38(45)27-37-29(2)23-36(50)24-30(37)3/h5-18,23-24,35,38-40,50H,4,19-22,25-28,45H2,1-3H3,(H,46,52)/t38-,39-,40-/m0/s1. The zero-order valence-corrected chi connectivity index (χ0v) is 31.4. The summed E-state index contributed by atoms with van der Waals surface area (Å²) in [7, 11) is 0. The summed E-state index contributed by atoms with van der Waals surface area (Å²) in [5.74, 6) is -0.754. The third-order valence-corrected chi connectivity index (χ3v) is 10.9. The molecule has 282 valence electrons. The fourth-order valence-corrected chi connectivity index (χ4v) is 8.00. The third-order valence-electron chi connectivity index (χ3n) is 10.9. The number of rotatable bonds is 11. The number of amides is 4. The molecule has 0 aliphatic carbocycles. The molecule has 4 aromatic carbocycles. The predicted octanol–water partition coefficient (Wildman–Crippen LogP) is 4.99.